The van der Waals surface area contributed by atoms with Crippen LogP contribution in [0.25, 0.3) is 10.0 Å². The summed E-state index contributed by atoms with van der Waals surface area (Å²) < 4.78 is 15.8. The lowest BCUT2D eigenvalue weighted by Gasteiger charge is -1.59. The number of aromatic nitrogens is 4. The van der Waals surface area contributed by atoms with E-state index in [0.29, 0.717) is 0 Å². The summed E-state index contributed by atoms with van der Waals surface area (Å²) >= 11 is 5.10. The molecular formula is C2N4S4+2. The van der Waals surface area contributed by atoms with Crippen LogP contribution in [-0.4, -0.2) is 16.3 Å². The van der Waals surface area contributed by atoms with E-state index in [9.17, 15) is 0 Å². The number of rotatable bonds is 1. The van der Waals surface area contributed by atoms with Gasteiger partial charge in [-0.3, -0.25) is 0 Å². The van der Waals surface area contributed by atoms with Crippen molar-refractivity contribution in [3.05, 3.63) is 0 Å². The molecule has 2 aromatic heterocycles. The second-order valence-electron chi connectivity index (χ2n) is 1.29. The maximum atomic E-state index is 4.02. The number of hydrogen-bond donors (Lipinski definition) is 0. The van der Waals surface area contributed by atoms with Crippen molar-refractivity contribution in [1.29, 1.82) is 0 Å². The standard InChI is InChI=1S/C2N4S4/c3-1(7-5-9-3)2-4-10-6-8-2/q+2. The predicted octanol–water partition coefficient (Wildman–Crippen LogP) is 1.74. The van der Waals surface area contributed by atoms with Gasteiger partial charge in [0.2, 0.25) is 23.1 Å². The molecule has 8 heteroatoms. The zero-order valence-electron chi connectivity index (χ0n) is 4.42. The van der Waals surface area contributed by atoms with E-state index in [1.807, 2.05) is 0 Å². The van der Waals surface area contributed by atoms with Crippen LogP contribution in [0.15, 0.2) is 0 Å². The molecule has 0 saturated heterocycles. The van der Waals surface area contributed by atoms with Gasteiger partial charge in [0.25, 0.3) is 0 Å². The summed E-state index contributed by atoms with van der Waals surface area (Å²) in [5.41, 5.74) is 0. The average Bonchev–Trinajstić information content (AvgIpc) is 2.59. The molecule has 0 amide bonds. The van der Waals surface area contributed by atoms with Crippen LogP contribution in [0.4, 0.5) is 0 Å². The van der Waals surface area contributed by atoms with Crippen LogP contribution in [-0.2, 0) is 0 Å². The summed E-state index contributed by atoms with van der Waals surface area (Å²) in [7, 11) is 0. The minimum Gasteiger partial charge on any atom is -0.0199 e. The first-order valence-electron chi connectivity index (χ1n) is 2.20. The van der Waals surface area contributed by atoms with Crippen molar-refractivity contribution in [2.24, 2.45) is 0 Å². The lowest BCUT2D eigenvalue weighted by atomic mass is 10.8. The third-order valence-corrected chi connectivity index (χ3v) is 3.68. The van der Waals surface area contributed by atoms with Crippen molar-refractivity contribution in [3.63, 3.8) is 0 Å². The van der Waals surface area contributed by atoms with Gasteiger partial charge < -0.3 is 0 Å². The molecular weight excluding hydrogens is 208 g/mol. The molecule has 0 saturated carbocycles. The lowest BCUT2D eigenvalue weighted by molar-refractivity contribution is 1.53. The molecule has 0 atom stereocenters. The Balaban J connectivity index is 2.48. The molecule has 0 radical (unpaired) electrons. The van der Waals surface area contributed by atoms with E-state index >= 15 is 0 Å². The molecule has 0 fully saturated rings. The second kappa shape index (κ2) is 2.82. The van der Waals surface area contributed by atoms with Crippen LogP contribution in [0.5, 0.6) is 0 Å². The Hall–Kier alpha value is -0.180. The molecule has 0 spiro atoms. The zero-order valence-corrected chi connectivity index (χ0v) is 7.69. The summed E-state index contributed by atoms with van der Waals surface area (Å²) in [6.07, 6.45) is 0. The van der Waals surface area contributed by atoms with Crippen LogP contribution < -0.4 is 0 Å². The summed E-state index contributed by atoms with van der Waals surface area (Å²) in [5.74, 6) is 0. The maximum absolute atomic E-state index is 4.02. The minimum absolute atomic E-state index is 0.865. The van der Waals surface area contributed by atoms with Gasteiger partial charge >= 0.3 is 33.5 Å². The fraction of sp³-hybridized carbons (Fsp3) is 0. The Kier molecular flexibility index (Phi) is 1.84. The van der Waals surface area contributed by atoms with Crippen molar-refractivity contribution in [1.82, 2.24) is 16.3 Å². The van der Waals surface area contributed by atoms with E-state index in [1.165, 1.54) is 46.5 Å². The van der Waals surface area contributed by atoms with E-state index < -0.39 is 0 Å². The van der Waals surface area contributed by atoms with E-state index in [2.05, 4.69) is 16.3 Å². The molecule has 2 rings (SSSR count). The van der Waals surface area contributed by atoms with E-state index in [0.717, 1.165) is 10.0 Å². The topological polar surface area (TPSA) is 51.6 Å². The fourth-order valence-corrected chi connectivity index (χ4v) is 2.87. The second-order valence-corrected chi connectivity index (χ2v) is 4.31. The monoisotopic (exact) mass is 208 g/mol. The van der Waals surface area contributed by atoms with Gasteiger partial charge in [-0.15, -0.1) is 0 Å². The number of nitrogens with zero attached hydrogens (tertiary/aromatic N) is 4. The van der Waals surface area contributed by atoms with Crippen LogP contribution in [0.3, 0.4) is 0 Å². The molecule has 50 valence electrons. The molecule has 0 N–H and O–H groups in total. The Morgan fingerprint density at radius 1 is 0.900 bits per heavy atom. The van der Waals surface area contributed by atoms with E-state index in [-0.39, 0.29) is 0 Å². The van der Waals surface area contributed by atoms with Crippen LogP contribution >= 0.6 is 46.5 Å². The Morgan fingerprint density at radius 2 is 1.40 bits per heavy atom. The quantitative estimate of drug-likeness (QED) is 0.670. The normalized spacial score (nSPS) is 10.0. The molecule has 2 aromatic rings. The summed E-state index contributed by atoms with van der Waals surface area (Å²) in [6, 6.07) is 0. The van der Waals surface area contributed by atoms with E-state index in [4.69, 9.17) is 0 Å². The van der Waals surface area contributed by atoms with Crippen molar-refractivity contribution >= 4 is 46.5 Å². The zero-order chi connectivity index (χ0) is 6.81. The van der Waals surface area contributed by atoms with Crippen molar-refractivity contribution in [2.45, 2.75) is 0 Å². The molecule has 4 nitrogen and oxygen atoms in total. The highest BCUT2D eigenvalue weighted by Gasteiger charge is 2.22. The van der Waals surface area contributed by atoms with Crippen LogP contribution in [0.1, 0.15) is 0 Å². The predicted molar refractivity (Wildman–Crippen MR) is 43.4 cm³/mol. The molecule has 0 bridgehead atoms. The highest BCUT2D eigenvalue weighted by atomic mass is 32.2. The van der Waals surface area contributed by atoms with Gasteiger partial charge in [-0.2, -0.15) is 0 Å². The van der Waals surface area contributed by atoms with Gasteiger partial charge in [0, 0.05) is 0 Å². The van der Waals surface area contributed by atoms with Crippen molar-refractivity contribution in [2.75, 3.05) is 0 Å². The molecule has 0 aliphatic carbocycles. The van der Waals surface area contributed by atoms with Crippen LogP contribution in [0.2, 0.25) is 0 Å². The van der Waals surface area contributed by atoms with Crippen LogP contribution in [0, 0.1) is 0 Å². The Bertz CT molecular complexity index is 255. The summed E-state index contributed by atoms with van der Waals surface area (Å²) in [4.78, 5) is 0. The van der Waals surface area contributed by atoms with Gasteiger partial charge in [0.05, 0.1) is 0 Å². The fourth-order valence-electron chi connectivity index (χ4n) is 0.401. The van der Waals surface area contributed by atoms with Crippen molar-refractivity contribution < 1.29 is 0 Å². The lowest BCUT2D eigenvalue weighted by Crippen LogP contribution is -1.66. The first-order chi connectivity index (χ1) is 4.97. The van der Waals surface area contributed by atoms with Crippen molar-refractivity contribution in [3.8, 4) is 10.0 Å². The molecule has 10 heavy (non-hydrogen) atoms. The molecule has 2 heterocycles. The highest BCUT2D eigenvalue weighted by molar-refractivity contribution is 7.25. The molecule has 0 unspecified atom stereocenters. The van der Waals surface area contributed by atoms with Gasteiger partial charge in [-0.05, 0) is 8.75 Å². The summed E-state index contributed by atoms with van der Waals surface area (Å²) in [5, 5.41) is 1.73. The average molecular weight is 208 g/mol. The van der Waals surface area contributed by atoms with Gasteiger partial charge in [-0.25, -0.2) is 0 Å². The van der Waals surface area contributed by atoms with Gasteiger partial charge in [0.15, 0.2) is 0 Å². The smallest absolute Gasteiger partial charge is 0.0199 e. The first-order valence-corrected chi connectivity index (χ1v) is 5.21. The number of hydrogen-bond acceptors (Lipinski definition) is 6. The van der Waals surface area contributed by atoms with E-state index in [1.54, 1.807) is 0 Å². The molecule has 0 aromatic carbocycles. The first kappa shape index (κ1) is 6.53. The Labute approximate surface area is 72.8 Å². The molecule has 0 aliphatic rings. The molecule has 0 aliphatic heterocycles. The SMILES string of the molecule is n1snc(-c2nsn[s+]2)[s+]1. The maximum Gasteiger partial charge on any atom is 0.343 e. The van der Waals surface area contributed by atoms with Gasteiger partial charge in [0.1, 0.15) is 7.53 Å². The minimum atomic E-state index is 0.865. The largest absolute Gasteiger partial charge is 0.343 e. The summed E-state index contributed by atoms with van der Waals surface area (Å²) in [6.45, 7) is 0. The Morgan fingerprint density at radius 3 is 1.70 bits per heavy atom. The van der Waals surface area contributed by atoms with Gasteiger partial charge in [-0.1, -0.05) is 0 Å². The highest BCUT2D eigenvalue weighted by Crippen LogP contribution is 2.22. The third kappa shape index (κ3) is 1.15. The third-order valence-electron chi connectivity index (χ3n) is 0.745.